The SMILES string of the molecule is Cc1ccc2c(c1)C(C=O)N(CCO)CO2. The van der Waals surface area contributed by atoms with Crippen molar-refractivity contribution >= 4 is 6.29 Å². The molecule has 16 heavy (non-hydrogen) atoms. The minimum Gasteiger partial charge on any atom is -0.478 e. The average Bonchev–Trinajstić information content (AvgIpc) is 2.29. The fraction of sp³-hybridized carbons (Fsp3) is 0.417. The molecule has 4 nitrogen and oxygen atoms in total. The number of aliphatic hydroxyl groups excluding tert-OH is 1. The van der Waals surface area contributed by atoms with Gasteiger partial charge in [0.15, 0.2) is 0 Å². The third-order valence-electron chi connectivity index (χ3n) is 2.78. The molecule has 1 heterocycles. The quantitative estimate of drug-likeness (QED) is 0.770. The maximum atomic E-state index is 11.1. The number of aldehydes is 1. The number of β-amino-alcohol motifs (C(OH)–C–C–N with tert-alkyl or cyclic N) is 1. The van der Waals surface area contributed by atoms with Crippen LogP contribution in [0, 0.1) is 6.92 Å². The standard InChI is InChI=1S/C12H15NO3/c1-9-2-3-12-10(6-9)11(7-15)13(4-5-14)8-16-12/h2-3,6-7,11,14H,4-5,8H2,1H3. The van der Waals surface area contributed by atoms with Crippen LogP contribution in [-0.4, -0.2) is 36.2 Å². The monoisotopic (exact) mass is 221 g/mol. The lowest BCUT2D eigenvalue weighted by molar-refractivity contribution is -0.115. The molecule has 0 bridgehead atoms. The predicted molar refractivity (Wildman–Crippen MR) is 59.3 cm³/mol. The van der Waals surface area contributed by atoms with Crippen molar-refractivity contribution in [2.45, 2.75) is 13.0 Å². The maximum Gasteiger partial charge on any atom is 0.143 e. The fourth-order valence-electron chi connectivity index (χ4n) is 1.95. The Kier molecular flexibility index (Phi) is 3.22. The zero-order valence-corrected chi connectivity index (χ0v) is 9.22. The van der Waals surface area contributed by atoms with Crippen molar-refractivity contribution < 1.29 is 14.6 Å². The Labute approximate surface area is 94.4 Å². The van der Waals surface area contributed by atoms with Gasteiger partial charge in [0.05, 0.1) is 12.6 Å². The first-order chi connectivity index (χ1) is 7.76. The van der Waals surface area contributed by atoms with Crippen LogP contribution in [0.15, 0.2) is 18.2 Å². The van der Waals surface area contributed by atoms with E-state index in [-0.39, 0.29) is 12.6 Å². The van der Waals surface area contributed by atoms with Gasteiger partial charge in [0.1, 0.15) is 18.8 Å². The van der Waals surface area contributed by atoms with Crippen molar-refractivity contribution in [3.05, 3.63) is 29.3 Å². The molecule has 0 saturated carbocycles. The highest BCUT2D eigenvalue weighted by Gasteiger charge is 2.27. The van der Waals surface area contributed by atoms with E-state index in [9.17, 15) is 4.79 Å². The highest BCUT2D eigenvalue weighted by atomic mass is 16.5. The van der Waals surface area contributed by atoms with Gasteiger partial charge in [0.2, 0.25) is 0 Å². The van der Waals surface area contributed by atoms with E-state index < -0.39 is 0 Å². The van der Waals surface area contributed by atoms with Crippen molar-refractivity contribution in [1.82, 2.24) is 4.90 Å². The molecule has 0 radical (unpaired) electrons. The third kappa shape index (κ3) is 1.94. The lowest BCUT2D eigenvalue weighted by Gasteiger charge is -2.33. The van der Waals surface area contributed by atoms with Gasteiger partial charge in [-0.2, -0.15) is 0 Å². The van der Waals surface area contributed by atoms with Crippen LogP contribution in [0.3, 0.4) is 0 Å². The summed E-state index contributed by atoms with van der Waals surface area (Å²) in [5.41, 5.74) is 1.98. The minimum atomic E-state index is -0.309. The molecule has 0 aliphatic carbocycles. The average molecular weight is 221 g/mol. The number of benzene rings is 1. The van der Waals surface area contributed by atoms with Crippen LogP contribution in [-0.2, 0) is 4.79 Å². The Balaban J connectivity index is 2.35. The second kappa shape index (κ2) is 4.63. The largest absolute Gasteiger partial charge is 0.478 e. The number of aryl methyl sites for hydroxylation is 1. The van der Waals surface area contributed by atoms with E-state index in [0.717, 1.165) is 23.2 Å². The highest BCUT2D eigenvalue weighted by Crippen LogP contribution is 2.33. The van der Waals surface area contributed by atoms with Crippen molar-refractivity contribution in [3.8, 4) is 5.75 Å². The number of fused-ring (bicyclic) bond motifs is 1. The van der Waals surface area contributed by atoms with Crippen LogP contribution < -0.4 is 4.74 Å². The zero-order valence-electron chi connectivity index (χ0n) is 9.22. The maximum absolute atomic E-state index is 11.1. The van der Waals surface area contributed by atoms with E-state index >= 15 is 0 Å². The van der Waals surface area contributed by atoms with Crippen LogP contribution in [0.4, 0.5) is 0 Å². The first kappa shape index (κ1) is 11.1. The van der Waals surface area contributed by atoms with Crippen molar-refractivity contribution in [2.24, 2.45) is 0 Å². The summed E-state index contributed by atoms with van der Waals surface area (Å²) in [5.74, 6) is 0.761. The summed E-state index contributed by atoms with van der Waals surface area (Å²) in [5, 5.41) is 8.92. The van der Waals surface area contributed by atoms with Gasteiger partial charge in [-0.15, -0.1) is 0 Å². The van der Waals surface area contributed by atoms with E-state index in [4.69, 9.17) is 9.84 Å². The lowest BCUT2D eigenvalue weighted by atomic mass is 10.0. The molecule has 2 rings (SSSR count). The summed E-state index contributed by atoms with van der Waals surface area (Å²) in [4.78, 5) is 13.0. The van der Waals surface area contributed by atoms with Crippen LogP contribution in [0.2, 0.25) is 0 Å². The Morgan fingerprint density at radius 2 is 2.44 bits per heavy atom. The van der Waals surface area contributed by atoms with Gasteiger partial charge in [-0.3, -0.25) is 4.90 Å². The van der Waals surface area contributed by atoms with Crippen LogP contribution >= 0.6 is 0 Å². The molecule has 1 aromatic carbocycles. The molecular formula is C12H15NO3. The highest BCUT2D eigenvalue weighted by molar-refractivity contribution is 5.64. The zero-order chi connectivity index (χ0) is 11.5. The first-order valence-electron chi connectivity index (χ1n) is 5.30. The van der Waals surface area contributed by atoms with Crippen molar-refractivity contribution in [1.29, 1.82) is 0 Å². The van der Waals surface area contributed by atoms with E-state index in [1.54, 1.807) is 0 Å². The molecule has 0 amide bonds. The molecule has 1 aromatic rings. The molecule has 1 unspecified atom stereocenters. The van der Waals surface area contributed by atoms with E-state index in [1.165, 1.54) is 0 Å². The molecule has 0 aromatic heterocycles. The Morgan fingerprint density at radius 1 is 1.62 bits per heavy atom. The number of hydrogen-bond donors (Lipinski definition) is 1. The van der Waals surface area contributed by atoms with Crippen LogP contribution in [0.5, 0.6) is 5.75 Å². The fourth-order valence-corrected chi connectivity index (χ4v) is 1.95. The summed E-state index contributed by atoms with van der Waals surface area (Å²) >= 11 is 0. The van der Waals surface area contributed by atoms with Gasteiger partial charge in [-0.25, -0.2) is 0 Å². The summed E-state index contributed by atoms with van der Waals surface area (Å²) in [6, 6.07) is 5.49. The second-order valence-electron chi connectivity index (χ2n) is 3.93. The van der Waals surface area contributed by atoms with E-state index in [1.807, 2.05) is 30.0 Å². The van der Waals surface area contributed by atoms with Crippen molar-refractivity contribution in [3.63, 3.8) is 0 Å². The first-order valence-corrected chi connectivity index (χ1v) is 5.30. The minimum absolute atomic E-state index is 0.0227. The summed E-state index contributed by atoms with van der Waals surface area (Å²) in [6.07, 6.45) is 0.899. The predicted octanol–water partition coefficient (Wildman–Crippen LogP) is 0.879. The summed E-state index contributed by atoms with van der Waals surface area (Å²) in [6.45, 7) is 2.79. The number of rotatable bonds is 3. The Bertz CT molecular complexity index is 392. The number of aliphatic hydroxyl groups is 1. The van der Waals surface area contributed by atoms with Crippen molar-refractivity contribution in [2.75, 3.05) is 19.9 Å². The van der Waals surface area contributed by atoms with Gasteiger partial charge in [0, 0.05) is 12.1 Å². The number of carbonyl (C=O) groups is 1. The van der Waals surface area contributed by atoms with Gasteiger partial charge in [0.25, 0.3) is 0 Å². The van der Waals surface area contributed by atoms with E-state index in [0.29, 0.717) is 13.3 Å². The Hall–Kier alpha value is -1.39. The van der Waals surface area contributed by atoms with Gasteiger partial charge in [-0.1, -0.05) is 17.7 Å². The Morgan fingerprint density at radius 3 is 3.12 bits per heavy atom. The molecule has 1 aliphatic rings. The van der Waals surface area contributed by atoms with E-state index in [2.05, 4.69) is 0 Å². The lowest BCUT2D eigenvalue weighted by Crippen LogP contribution is -2.39. The molecule has 0 fully saturated rings. The van der Waals surface area contributed by atoms with Gasteiger partial charge < -0.3 is 14.6 Å². The van der Waals surface area contributed by atoms with Crippen LogP contribution in [0.25, 0.3) is 0 Å². The molecular weight excluding hydrogens is 206 g/mol. The number of ether oxygens (including phenoxy) is 1. The smallest absolute Gasteiger partial charge is 0.143 e. The number of hydrogen-bond acceptors (Lipinski definition) is 4. The second-order valence-corrected chi connectivity index (χ2v) is 3.93. The molecule has 86 valence electrons. The van der Waals surface area contributed by atoms with Gasteiger partial charge in [-0.05, 0) is 13.0 Å². The number of carbonyl (C=O) groups excluding carboxylic acids is 1. The molecule has 1 aliphatic heterocycles. The molecule has 4 heteroatoms. The van der Waals surface area contributed by atoms with Crippen LogP contribution in [0.1, 0.15) is 17.2 Å². The molecule has 0 saturated heterocycles. The molecule has 1 N–H and O–H groups in total. The third-order valence-corrected chi connectivity index (χ3v) is 2.78. The molecule has 0 spiro atoms. The summed E-state index contributed by atoms with van der Waals surface area (Å²) in [7, 11) is 0. The number of nitrogens with zero attached hydrogens (tertiary/aromatic N) is 1. The normalized spacial score (nSPS) is 20.0. The van der Waals surface area contributed by atoms with Gasteiger partial charge >= 0.3 is 0 Å². The topological polar surface area (TPSA) is 49.8 Å². The summed E-state index contributed by atoms with van der Waals surface area (Å²) < 4.78 is 5.53. The molecule has 1 atom stereocenters.